The molecule has 2 N–H and O–H groups in total. The van der Waals surface area contributed by atoms with Gasteiger partial charge in [-0.25, -0.2) is 9.59 Å². The Morgan fingerprint density at radius 2 is 2.19 bits per heavy atom. The van der Waals surface area contributed by atoms with Gasteiger partial charge in [0.15, 0.2) is 0 Å². The maximum Gasteiger partial charge on any atom is 0.407 e. The molecule has 1 aromatic carbocycles. The quantitative estimate of drug-likeness (QED) is 0.740. The minimum Gasteiger partial charge on any atom is -0.461 e. The zero-order chi connectivity index (χ0) is 18.7. The molecule has 0 aliphatic carbocycles. The number of esters is 1. The highest BCUT2D eigenvalue weighted by Crippen LogP contribution is 2.26. The molecule has 1 aliphatic rings. The number of nitrogens with zero attached hydrogens (tertiary/aromatic N) is 1. The molecule has 7 heteroatoms. The Morgan fingerprint density at radius 3 is 2.85 bits per heavy atom. The summed E-state index contributed by atoms with van der Waals surface area (Å²) in [6.07, 6.45) is 1.07. The van der Waals surface area contributed by atoms with E-state index in [0.717, 1.165) is 35.0 Å². The van der Waals surface area contributed by atoms with Crippen molar-refractivity contribution < 1.29 is 19.1 Å². The van der Waals surface area contributed by atoms with E-state index < -0.39 is 0 Å². The van der Waals surface area contributed by atoms with E-state index in [1.807, 2.05) is 26.2 Å². The molecule has 2 aromatic rings. The molecule has 1 fully saturated rings. The van der Waals surface area contributed by atoms with Crippen LogP contribution in [0.15, 0.2) is 18.2 Å². The lowest BCUT2D eigenvalue weighted by atomic mass is 10.0. The molecule has 1 atom stereocenters. The number of rotatable bonds is 7. The molecule has 1 aromatic heterocycles. The molecule has 0 spiro atoms. The Bertz CT molecular complexity index is 812. The number of H-pyrrole nitrogens is 1. The standard InChI is InChI=1S/C19H25N3O4/c1-4-25-18(23)17-14(7-8-22(2)3)15-10-12(5-6-16(15)21-17)9-13-11-26-19(24)20-13/h5-6,10,13,21H,4,7-9,11H2,1-3H3,(H,20,24)/t13-/m1/s1. The van der Waals surface area contributed by atoms with E-state index in [0.29, 0.717) is 25.3 Å². The lowest BCUT2D eigenvalue weighted by Gasteiger charge is -2.11. The van der Waals surface area contributed by atoms with Gasteiger partial charge < -0.3 is 24.7 Å². The van der Waals surface area contributed by atoms with Crippen LogP contribution in [-0.4, -0.2) is 61.8 Å². The molecule has 3 rings (SSSR count). The van der Waals surface area contributed by atoms with E-state index in [-0.39, 0.29) is 18.1 Å². The summed E-state index contributed by atoms with van der Waals surface area (Å²) in [7, 11) is 4.01. The van der Waals surface area contributed by atoms with Crippen molar-refractivity contribution in [2.75, 3.05) is 33.9 Å². The fourth-order valence-electron chi connectivity index (χ4n) is 3.22. The number of nitrogens with one attached hydrogen (secondary N) is 2. The monoisotopic (exact) mass is 359 g/mol. The second-order valence-electron chi connectivity index (χ2n) is 6.78. The van der Waals surface area contributed by atoms with Gasteiger partial charge in [0.25, 0.3) is 0 Å². The Balaban J connectivity index is 1.93. The highest BCUT2D eigenvalue weighted by molar-refractivity contribution is 5.98. The first-order valence-electron chi connectivity index (χ1n) is 8.86. The second kappa shape index (κ2) is 7.78. The number of likely N-dealkylation sites (N-methyl/N-ethyl adjacent to an activating group) is 1. The van der Waals surface area contributed by atoms with E-state index in [2.05, 4.69) is 21.3 Å². The fraction of sp³-hybridized carbons (Fsp3) is 0.474. The number of fused-ring (bicyclic) bond motifs is 1. The van der Waals surface area contributed by atoms with Crippen LogP contribution in [-0.2, 0) is 22.3 Å². The number of carbonyl (C=O) groups is 2. The van der Waals surface area contributed by atoms with Crippen molar-refractivity contribution in [3.63, 3.8) is 0 Å². The van der Waals surface area contributed by atoms with Crippen LogP contribution in [0.3, 0.4) is 0 Å². The minimum absolute atomic E-state index is 0.0198. The smallest absolute Gasteiger partial charge is 0.407 e. The van der Waals surface area contributed by atoms with E-state index >= 15 is 0 Å². The number of benzene rings is 1. The number of carbonyl (C=O) groups excluding carboxylic acids is 2. The van der Waals surface area contributed by atoms with Crippen molar-refractivity contribution in [3.8, 4) is 0 Å². The summed E-state index contributed by atoms with van der Waals surface area (Å²) >= 11 is 0. The van der Waals surface area contributed by atoms with Gasteiger partial charge in [0, 0.05) is 17.4 Å². The van der Waals surface area contributed by atoms with E-state index in [4.69, 9.17) is 9.47 Å². The molecule has 0 unspecified atom stereocenters. The molecular weight excluding hydrogens is 334 g/mol. The van der Waals surface area contributed by atoms with Crippen LogP contribution in [0, 0.1) is 0 Å². The molecule has 0 bridgehead atoms. The Kier molecular flexibility index (Phi) is 5.46. The molecule has 7 nitrogen and oxygen atoms in total. The zero-order valence-corrected chi connectivity index (χ0v) is 15.4. The summed E-state index contributed by atoms with van der Waals surface area (Å²) in [5.41, 5.74) is 3.50. The van der Waals surface area contributed by atoms with Gasteiger partial charge in [-0.3, -0.25) is 0 Å². The zero-order valence-electron chi connectivity index (χ0n) is 15.4. The third-order valence-electron chi connectivity index (χ3n) is 4.48. The molecule has 26 heavy (non-hydrogen) atoms. The Hall–Kier alpha value is -2.54. The van der Waals surface area contributed by atoms with Crippen molar-refractivity contribution in [1.29, 1.82) is 0 Å². The summed E-state index contributed by atoms with van der Waals surface area (Å²) in [5, 5.41) is 3.82. The fourth-order valence-corrected chi connectivity index (χ4v) is 3.22. The van der Waals surface area contributed by atoms with Gasteiger partial charge in [0.1, 0.15) is 12.3 Å². The van der Waals surface area contributed by atoms with E-state index in [9.17, 15) is 9.59 Å². The molecular formula is C19H25N3O4. The maximum absolute atomic E-state index is 12.3. The molecule has 1 amide bonds. The number of amides is 1. The Labute approximate surface area is 152 Å². The van der Waals surface area contributed by atoms with Gasteiger partial charge in [0.05, 0.1) is 12.6 Å². The third kappa shape index (κ3) is 3.99. The second-order valence-corrected chi connectivity index (χ2v) is 6.78. The average Bonchev–Trinajstić information content (AvgIpc) is 3.16. The predicted octanol–water partition coefficient (Wildman–Crippen LogP) is 2.10. The number of aromatic nitrogens is 1. The first kappa shape index (κ1) is 18.3. The van der Waals surface area contributed by atoms with E-state index in [1.54, 1.807) is 6.92 Å². The highest BCUT2D eigenvalue weighted by Gasteiger charge is 2.23. The number of cyclic esters (lactones) is 1. The average molecular weight is 359 g/mol. The SMILES string of the molecule is CCOC(=O)c1[nH]c2ccc(C[C@@H]3COC(=O)N3)cc2c1CCN(C)C. The van der Waals surface area contributed by atoms with Crippen molar-refractivity contribution in [3.05, 3.63) is 35.0 Å². The normalized spacial score (nSPS) is 16.8. The maximum atomic E-state index is 12.3. The topological polar surface area (TPSA) is 83.7 Å². The van der Waals surface area contributed by atoms with Crippen molar-refractivity contribution in [2.24, 2.45) is 0 Å². The van der Waals surface area contributed by atoms with Crippen LogP contribution >= 0.6 is 0 Å². The summed E-state index contributed by atoms with van der Waals surface area (Å²) in [4.78, 5) is 28.9. The minimum atomic E-state index is -0.367. The summed E-state index contributed by atoms with van der Waals surface area (Å²) in [5.74, 6) is -0.324. The number of hydrogen-bond acceptors (Lipinski definition) is 5. The lowest BCUT2D eigenvalue weighted by Crippen LogP contribution is -2.28. The van der Waals surface area contributed by atoms with Crippen LogP contribution in [0.2, 0.25) is 0 Å². The number of hydrogen-bond donors (Lipinski definition) is 2. The van der Waals surface area contributed by atoms with Crippen LogP contribution < -0.4 is 5.32 Å². The molecule has 1 aliphatic heterocycles. The van der Waals surface area contributed by atoms with Gasteiger partial charge in [0.2, 0.25) is 0 Å². The molecule has 0 saturated carbocycles. The number of ether oxygens (including phenoxy) is 2. The van der Waals surface area contributed by atoms with Crippen molar-refractivity contribution in [1.82, 2.24) is 15.2 Å². The first-order chi connectivity index (χ1) is 12.5. The first-order valence-corrected chi connectivity index (χ1v) is 8.86. The number of alkyl carbamates (subject to hydrolysis) is 1. The van der Waals surface area contributed by atoms with Crippen LogP contribution in [0.1, 0.15) is 28.5 Å². The molecule has 140 valence electrons. The predicted molar refractivity (Wildman–Crippen MR) is 98.5 cm³/mol. The Morgan fingerprint density at radius 1 is 1.38 bits per heavy atom. The van der Waals surface area contributed by atoms with Crippen LogP contribution in [0.5, 0.6) is 0 Å². The van der Waals surface area contributed by atoms with Crippen LogP contribution in [0.4, 0.5) is 4.79 Å². The number of aromatic amines is 1. The molecule has 1 saturated heterocycles. The summed E-state index contributed by atoms with van der Waals surface area (Å²) in [6.45, 7) is 3.35. The summed E-state index contributed by atoms with van der Waals surface area (Å²) < 4.78 is 10.2. The van der Waals surface area contributed by atoms with Gasteiger partial charge in [-0.1, -0.05) is 6.07 Å². The third-order valence-corrected chi connectivity index (χ3v) is 4.48. The van der Waals surface area contributed by atoms with Gasteiger partial charge >= 0.3 is 12.1 Å². The lowest BCUT2D eigenvalue weighted by molar-refractivity contribution is 0.0519. The van der Waals surface area contributed by atoms with Crippen molar-refractivity contribution in [2.45, 2.75) is 25.8 Å². The van der Waals surface area contributed by atoms with Crippen LogP contribution in [0.25, 0.3) is 10.9 Å². The largest absolute Gasteiger partial charge is 0.461 e. The van der Waals surface area contributed by atoms with Gasteiger partial charge in [-0.2, -0.15) is 0 Å². The molecule has 0 radical (unpaired) electrons. The van der Waals surface area contributed by atoms with Gasteiger partial charge in [-0.05, 0) is 57.1 Å². The summed E-state index contributed by atoms with van der Waals surface area (Å²) in [6, 6.07) is 6.05. The molecule has 2 heterocycles. The van der Waals surface area contributed by atoms with Crippen molar-refractivity contribution >= 4 is 23.0 Å². The van der Waals surface area contributed by atoms with Gasteiger partial charge in [-0.15, -0.1) is 0 Å². The van der Waals surface area contributed by atoms with E-state index in [1.165, 1.54) is 0 Å². The highest BCUT2D eigenvalue weighted by atomic mass is 16.6.